The van der Waals surface area contributed by atoms with Crippen LogP contribution < -0.4 is 0 Å². The standard InChI is InChI=1S/C16H17N3O5/c20-15(18-6-2-1-3-14(18)16(21)22)7-10-9-17-13-5-4-11(19(23)24)8-12(10)13/h4-5,8-9,14,17H,1-3,6-7H2,(H,21,22)/t14-/m1/s1. The number of carbonyl (C=O) groups is 2. The molecule has 126 valence electrons. The van der Waals surface area contributed by atoms with Crippen LogP contribution in [0.2, 0.25) is 0 Å². The molecule has 2 heterocycles. The van der Waals surface area contributed by atoms with Crippen molar-refractivity contribution in [1.82, 2.24) is 9.88 Å². The number of rotatable bonds is 4. The van der Waals surface area contributed by atoms with Crippen LogP contribution >= 0.6 is 0 Å². The number of aromatic amines is 1. The van der Waals surface area contributed by atoms with E-state index >= 15 is 0 Å². The number of aromatic nitrogens is 1. The van der Waals surface area contributed by atoms with Crippen LogP contribution in [0.4, 0.5) is 5.69 Å². The van der Waals surface area contributed by atoms with Gasteiger partial charge in [-0.25, -0.2) is 4.79 Å². The molecule has 0 saturated carbocycles. The molecule has 1 fully saturated rings. The van der Waals surface area contributed by atoms with Crippen LogP contribution in [0, 0.1) is 10.1 Å². The van der Waals surface area contributed by atoms with Gasteiger partial charge in [-0.2, -0.15) is 0 Å². The molecule has 1 atom stereocenters. The third-order valence-corrected chi connectivity index (χ3v) is 4.41. The highest BCUT2D eigenvalue weighted by Gasteiger charge is 2.32. The Morgan fingerprint density at radius 2 is 2.17 bits per heavy atom. The number of H-pyrrole nitrogens is 1. The number of amides is 1. The number of nitro groups is 1. The minimum atomic E-state index is -0.988. The molecule has 8 heteroatoms. The maximum atomic E-state index is 12.6. The summed E-state index contributed by atoms with van der Waals surface area (Å²) in [6, 6.07) is 3.64. The van der Waals surface area contributed by atoms with Gasteiger partial charge < -0.3 is 15.0 Å². The second-order valence-corrected chi connectivity index (χ2v) is 5.91. The first kappa shape index (κ1) is 16.0. The Hall–Kier alpha value is -2.90. The Morgan fingerprint density at radius 1 is 1.38 bits per heavy atom. The summed E-state index contributed by atoms with van der Waals surface area (Å²) >= 11 is 0. The summed E-state index contributed by atoms with van der Waals surface area (Å²) in [6.07, 6.45) is 3.70. The summed E-state index contributed by atoms with van der Waals surface area (Å²) in [4.78, 5) is 38.7. The lowest BCUT2D eigenvalue weighted by molar-refractivity contribution is -0.384. The fraction of sp³-hybridized carbons (Fsp3) is 0.375. The zero-order valence-electron chi connectivity index (χ0n) is 12.9. The van der Waals surface area contributed by atoms with Crippen molar-refractivity contribution in [3.63, 3.8) is 0 Å². The molecular weight excluding hydrogens is 314 g/mol. The lowest BCUT2D eigenvalue weighted by Crippen LogP contribution is -2.48. The Kier molecular flexibility index (Phi) is 4.20. The lowest BCUT2D eigenvalue weighted by Gasteiger charge is -2.33. The van der Waals surface area contributed by atoms with Gasteiger partial charge in [0.2, 0.25) is 5.91 Å². The van der Waals surface area contributed by atoms with Gasteiger partial charge in [-0.1, -0.05) is 0 Å². The Labute approximate surface area is 137 Å². The first-order chi connectivity index (χ1) is 11.5. The SMILES string of the molecule is O=C(O)[C@H]1CCCCN1C(=O)Cc1c[nH]c2ccc([N+](=O)[O-])cc12. The molecule has 1 aromatic carbocycles. The number of aliphatic carboxylic acids is 1. The predicted molar refractivity (Wildman–Crippen MR) is 85.6 cm³/mol. The van der Waals surface area contributed by atoms with Crippen molar-refractivity contribution in [2.24, 2.45) is 0 Å². The van der Waals surface area contributed by atoms with Crippen LogP contribution in [0.5, 0.6) is 0 Å². The number of likely N-dealkylation sites (tertiary alicyclic amines) is 1. The van der Waals surface area contributed by atoms with Gasteiger partial charge in [0.1, 0.15) is 6.04 Å². The summed E-state index contributed by atoms with van der Waals surface area (Å²) in [5.74, 6) is -1.26. The number of benzene rings is 1. The molecule has 0 aliphatic carbocycles. The number of hydrogen-bond acceptors (Lipinski definition) is 4. The molecule has 8 nitrogen and oxygen atoms in total. The minimum Gasteiger partial charge on any atom is -0.480 e. The van der Waals surface area contributed by atoms with Crippen molar-refractivity contribution in [1.29, 1.82) is 0 Å². The number of nitro benzene ring substituents is 1. The average Bonchev–Trinajstić information content (AvgIpc) is 2.97. The quantitative estimate of drug-likeness (QED) is 0.657. The zero-order valence-corrected chi connectivity index (χ0v) is 12.9. The van der Waals surface area contributed by atoms with Gasteiger partial charge in [0, 0.05) is 35.8 Å². The first-order valence-electron chi connectivity index (χ1n) is 7.74. The van der Waals surface area contributed by atoms with Crippen LogP contribution in [0.25, 0.3) is 10.9 Å². The minimum absolute atomic E-state index is 0.0188. The maximum Gasteiger partial charge on any atom is 0.326 e. The highest BCUT2D eigenvalue weighted by atomic mass is 16.6. The van der Waals surface area contributed by atoms with E-state index in [0.717, 1.165) is 12.8 Å². The number of nitrogens with one attached hydrogen (secondary N) is 1. The summed E-state index contributed by atoms with van der Waals surface area (Å²) in [5, 5.41) is 20.8. The molecule has 0 spiro atoms. The molecule has 2 aromatic rings. The van der Waals surface area contributed by atoms with E-state index in [1.165, 1.54) is 17.0 Å². The number of carboxylic acid groups (broad SMARTS) is 1. The van der Waals surface area contributed by atoms with E-state index in [1.54, 1.807) is 12.3 Å². The number of hydrogen-bond donors (Lipinski definition) is 2. The number of non-ortho nitro benzene ring substituents is 1. The van der Waals surface area contributed by atoms with Gasteiger partial charge in [-0.15, -0.1) is 0 Å². The number of fused-ring (bicyclic) bond motifs is 1. The average molecular weight is 331 g/mol. The Balaban J connectivity index is 1.86. The summed E-state index contributed by atoms with van der Waals surface area (Å²) in [6.45, 7) is 0.429. The van der Waals surface area contributed by atoms with Gasteiger partial charge in [-0.3, -0.25) is 14.9 Å². The second kappa shape index (κ2) is 6.31. The van der Waals surface area contributed by atoms with E-state index in [-0.39, 0.29) is 18.0 Å². The van der Waals surface area contributed by atoms with Crippen molar-refractivity contribution in [3.8, 4) is 0 Å². The molecule has 1 aliphatic rings. The van der Waals surface area contributed by atoms with Crippen molar-refractivity contribution in [3.05, 3.63) is 40.1 Å². The van der Waals surface area contributed by atoms with Crippen LogP contribution in [-0.2, 0) is 16.0 Å². The third-order valence-electron chi connectivity index (χ3n) is 4.41. The van der Waals surface area contributed by atoms with Crippen LogP contribution in [0.1, 0.15) is 24.8 Å². The van der Waals surface area contributed by atoms with E-state index in [2.05, 4.69) is 4.98 Å². The molecule has 0 unspecified atom stereocenters. The van der Waals surface area contributed by atoms with Crippen molar-refractivity contribution in [2.75, 3.05) is 6.54 Å². The van der Waals surface area contributed by atoms with Gasteiger partial charge in [0.05, 0.1) is 11.3 Å². The van der Waals surface area contributed by atoms with E-state index in [9.17, 15) is 24.8 Å². The lowest BCUT2D eigenvalue weighted by atomic mass is 10.0. The number of carbonyl (C=O) groups excluding carboxylic acids is 1. The number of nitrogens with zero attached hydrogens (tertiary/aromatic N) is 2. The predicted octanol–water partition coefficient (Wildman–Crippen LogP) is 2.08. The molecule has 1 aromatic heterocycles. The first-order valence-corrected chi connectivity index (χ1v) is 7.74. The monoisotopic (exact) mass is 331 g/mol. The zero-order chi connectivity index (χ0) is 17.3. The largest absolute Gasteiger partial charge is 0.480 e. The molecule has 1 saturated heterocycles. The number of piperidine rings is 1. The van der Waals surface area contributed by atoms with Crippen molar-refractivity contribution in [2.45, 2.75) is 31.7 Å². The molecule has 1 amide bonds. The molecular formula is C16H17N3O5. The Bertz CT molecular complexity index is 813. The molecule has 3 rings (SSSR count). The summed E-state index contributed by atoms with van der Waals surface area (Å²) in [7, 11) is 0. The molecule has 0 radical (unpaired) electrons. The van der Waals surface area contributed by atoms with Gasteiger partial charge in [0.15, 0.2) is 0 Å². The van der Waals surface area contributed by atoms with E-state index in [0.29, 0.717) is 29.4 Å². The topological polar surface area (TPSA) is 117 Å². The van der Waals surface area contributed by atoms with E-state index in [1.807, 2.05) is 0 Å². The molecule has 24 heavy (non-hydrogen) atoms. The fourth-order valence-corrected chi connectivity index (χ4v) is 3.18. The van der Waals surface area contributed by atoms with Crippen molar-refractivity contribution >= 4 is 28.5 Å². The van der Waals surface area contributed by atoms with Gasteiger partial charge in [-0.05, 0) is 30.9 Å². The normalized spacial score (nSPS) is 17.8. The molecule has 0 bridgehead atoms. The third kappa shape index (κ3) is 2.94. The van der Waals surface area contributed by atoms with Gasteiger partial charge >= 0.3 is 5.97 Å². The highest BCUT2D eigenvalue weighted by molar-refractivity contribution is 5.91. The fourth-order valence-electron chi connectivity index (χ4n) is 3.18. The van der Waals surface area contributed by atoms with E-state index < -0.39 is 16.9 Å². The summed E-state index contributed by atoms with van der Waals surface area (Å²) < 4.78 is 0. The molecule has 1 aliphatic heterocycles. The highest BCUT2D eigenvalue weighted by Crippen LogP contribution is 2.25. The van der Waals surface area contributed by atoms with Crippen LogP contribution in [0.15, 0.2) is 24.4 Å². The summed E-state index contributed by atoms with van der Waals surface area (Å²) in [5.41, 5.74) is 1.29. The smallest absolute Gasteiger partial charge is 0.326 e. The second-order valence-electron chi connectivity index (χ2n) is 5.91. The van der Waals surface area contributed by atoms with Crippen LogP contribution in [-0.4, -0.2) is 44.4 Å². The number of carboxylic acids is 1. The maximum absolute atomic E-state index is 12.6. The van der Waals surface area contributed by atoms with Gasteiger partial charge in [0.25, 0.3) is 5.69 Å². The molecule has 2 N–H and O–H groups in total. The van der Waals surface area contributed by atoms with E-state index in [4.69, 9.17) is 0 Å². The van der Waals surface area contributed by atoms with Crippen LogP contribution in [0.3, 0.4) is 0 Å². The Morgan fingerprint density at radius 3 is 2.88 bits per heavy atom. The van der Waals surface area contributed by atoms with Crippen molar-refractivity contribution < 1.29 is 19.6 Å².